The number of ether oxygens (including phenoxy) is 2. The molecule has 0 saturated carbocycles. The second kappa shape index (κ2) is 6.51. The summed E-state index contributed by atoms with van der Waals surface area (Å²) in [7, 11) is 0. The highest BCUT2D eigenvalue weighted by molar-refractivity contribution is 4.87. The maximum absolute atomic E-state index is 9.62. The van der Waals surface area contributed by atoms with Crippen LogP contribution < -0.4 is 0 Å². The predicted octanol–water partition coefficient (Wildman–Crippen LogP) is 0.0207. The van der Waals surface area contributed by atoms with Gasteiger partial charge in [-0.3, -0.25) is 0 Å². The van der Waals surface area contributed by atoms with Crippen molar-refractivity contribution in [2.75, 3.05) is 6.61 Å². The van der Waals surface area contributed by atoms with Crippen LogP contribution in [0, 0.1) is 0 Å². The lowest BCUT2D eigenvalue weighted by atomic mass is 10.0. The van der Waals surface area contributed by atoms with Crippen LogP contribution in [0.2, 0.25) is 0 Å². The fourth-order valence-corrected chi connectivity index (χ4v) is 1.70. The van der Waals surface area contributed by atoms with Gasteiger partial charge in [0.2, 0.25) is 0 Å². The van der Waals surface area contributed by atoms with E-state index in [1.807, 2.05) is 0 Å². The standard InChI is InChI=1S/C11H22O5/c1-3-4-5-6-15-11-10(14)9(13)8(12)7(2)16-11/h7-14H,3-6H2,1-2H3/t7-,8+,9+,10-,11+/m0/s1. The fraction of sp³-hybridized carbons (Fsp3) is 1.00. The Labute approximate surface area is 96.0 Å². The smallest absolute Gasteiger partial charge is 0.186 e. The molecule has 5 atom stereocenters. The van der Waals surface area contributed by atoms with Gasteiger partial charge in [0.25, 0.3) is 0 Å². The molecule has 0 radical (unpaired) electrons. The summed E-state index contributed by atoms with van der Waals surface area (Å²) in [5, 5.41) is 28.6. The van der Waals surface area contributed by atoms with Crippen LogP contribution in [-0.4, -0.2) is 52.6 Å². The van der Waals surface area contributed by atoms with Crippen LogP contribution in [0.3, 0.4) is 0 Å². The van der Waals surface area contributed by atoms with Crippen LogP contribution in [0.15, 0.2) is 0 Å². The molecular formula is C11H22O5. The van der Waals surface area contributed by atoms with Crippen molar-refractivity contribution in [2.45, 2.75) is 63.8 Å². The molecule has 1 aliphatic heterocycles. The number of unbranched alkanes of at least 4 members (excludes halogenated alkanes) is 2. The van der Waals surface area contributed by atoms with Crippen molar-refractivity contribution in [3.8, 4) is 0 Å². The first-order valence-electron chi connectivity index (χ1n) is 5.89. The van der Waals surface area contributed by atoms with Crippen molar-refractivity contribution in [1.82, 2.24) is 0 Å². The van der Waals surface area contributed by atoms with E-state index >= 15 is 0 Å². The lowest BCUT2D eigenvalue weighted by Gasteiger charge is -2.38. The maximum Gasteiger partial charge on any atom is 0.186 e. The molecule has 1 saturated heterocycles. The summed E-state index contributed by atoms with van der Waals surface area (Å²) in [5.74, 6) is 0. The number of hydrogen-bond donors (Lipinski definition) is 3. The van der Waals surface area contributed by atoms with Gasteiger partial charge in [-0.1, -0.05) is 19.8 Å². The molecule has 1 heterocycles. The van der Waals surface area contributed by atoms with Gasteiger partial charge >= 0.3 is 0 Å². The van der Waals surface area contributed by atoms with Gasteiger partial charge < -0.3 is 24.8 Å². The molecule has 0 unspecified atom stereocenters. The molecular weight excluding hydrogens is 212 g/mol. The Hall–Kier alpha value is -0.200. The first-order valence-corrected chi connectivity index (χ1v) is 5.89. The highest BCUT2D eigenvalue weighted by Crippen LogP contribution is 2.21. The lowest BCUT2D eigenvalue weighted by Crippen LogP contribution is -2.57. The van der Waals surface area contributed by atoms with Crippen LogP contribution >= 0.6 is 0 Å². The summed E-state index contributed by atoms with van der Waals surface area (Å²) >= 11 is 0. The summed E-state index contributed by atoms with van der Waals surface area (Å²) in [5.41, 5.74) is 0. The van der Waals surface area contributed by atoms with Crippen molar-refractivity contribution in [2.24, 2.45) is 0 Å². The van der Waals surface area contributed by atoms with Gasteiger partial charge in [0.15, 0.2) is 6.29 Å². The Morgan fingerprint density at radius 2 is 1.75 bits per heavy atom. The second-order valence-electron chi connectivity index (χ2n) is 4.26. The van der Waals surface area contributed by atoms with E-state index in [0.717, 1.165) is 19.3 Å². The van der Waals surface area contributed by atoms with Crippen LogP contribution in [0.4, 0.5) is 0 Å². The lowest BCUT2D eigenvalue weighted by molar-refractivity contribution is -0.293. The van der Waals surface area contributed by atoms with Crippen molar-refractivity contribution in [3.63, 3.8) is 0 Å². The Morgan fingerprint density at radius 3 is 2.38 bits per heavy atom. The molecule has 1 rings (SSSR count). The van der Waals surface area contributed by atoms with E-state index in [9.17, 15) is 15.3 Å². The molecule has 96 valence electrons. The zero-order valence-electron chi connectivity index (χ0n) is 9.87. The Morgan fingerprint density at radius 1 is 1.06 bits per heavy atom. The average Bonchev–Trinajstić information content (AvgIpc) is 2.28. The molecule has 1 aliphatic rings. The van der Waals surface area contributed by atoms with Gasteiger partial charge in [0.05, 0.1) is 6.10 Å². The zero-order valence-corrected chi connectivity index (χ0v) is 9.87. The van der Waals surface area contributed by atoms with Gasteiger partial charge in [-0.2, -0.15) is 0 Å². The summed E-state index contributed by atoms with van der Waals surface area (Å²) in [6, 6.07) is 0. The molecule has 0 aromatic rings. The van der Waals surface area contributed by atoms with E-state index in [1.54, 1.807) is 6.92 Å². The zero-order chi connectivity index (χ0) is 12.1. The minimum Gasteiger partial charge on any atom is -0.388 e. The van der Waals surface area contributed by atoms with Crippen molar-refractivity contribution < 1.29 is 24.8 Å². The highest BCUT2D eigenvalue weighted by atomic mass is 16.7. The largest absolute Gasteiger partial charge is 0.388 e. The molecule has 3 N–H and O–H groups in total. The van der Waals surface area contributed by atoms with Gasteiger partial charge in [-0.25, -0.2) is 0 Å². The number of aliphatic hydroxyl groups excluding tert-OH is 3. The van der Waals surface area contributed by atoms with Gasteiger partial charge in [0, 0.05) is 6.61 Å². The van der Waals surface area contributed by atoms with Crippen LogP contribution in [0.5, 0.6) is 0 Å². The SMILES string of the molecule is CCCCCO[C@@H]1O[C@@H](C)[C@@H](O)[C@@H](O)[C@@H]1O. The molecule has 0 amide bonds. The Bertz CT molecular complexity index is 199. The van der Waals surface area contributed by atoms with E-state index in [-0.39, 0.29) is 0 Å². The molecule has 0 aliphatic carbocycles. The maximum atomic E-state index is 9.62. The van der Waals surface area contributed by atoms with E-state index in [0.29, 0.717) is 6.61 Å². The first-order chi connectivity index (χ1) is 7.57. The molecule has 16 heavy (non-hydrogen) atoms. The average molecular weight is 234 g/mol. The van der Waals surface area contributed by atoms with E-state index < -0.39 is 30.7 Å². The fourth-order valence-electron chi connectivity index (χ4n) is 1.70. The summed E-state index contributed by atoms with van der Waals surface area (Å²) in [6.45, 7) is 4.22. The van der Waals surface area contributed by atoms with Crippen molar-refractivity contribution in [1.29, 1.82) is 0 Å². The summed E-state index contributed by atoms with van der Waals surface area (Å²) in [4.78, 5) is 0. The topological polar surface area (TPSA) is 79.2 Å². The highest BCUT2D eigenvalue weighted by Gasteiger charge is 2.42. The Balaban J connectivity index is 2.35. The molecule has 0 aromatic carbocycles. The van der Waals surface area contributed by atoms with E-state index in [1.165, 1.54) is 0 Å². The third-order valence-electron chi connectivity index (χ3n) is 2.84. The van der Waals surface area contributed by atoms with Gasteiger partial charge in [0.1, 0.15) is 18.3 Å². The Kier molecular flexibility index (Phi) is 5.64. The van der Waals surface area contributed by atoms with E-state index in [2.05, 4.69) is 6.92 Å². The van der Waals surface area contributed by atoms with E-state index in [4.69, 9.17) is 9.47 Å². The third-order valence-corrected chi connectivity index (χ3v) is 2.84. The van der Waals surface area contributed by atoms with Crippen molar-refractivity contribution >= 4 is 0 Å². The number of hydrogen-bond acceptors (Lipinski definition) is 5. The molecule has 5 heteroatoms. The molecule has 0 bridgehead atoms. The number of aliphatic hydroxyl groups is 3. The minimum absolute atomic E-state index is 0.491. The summed E-state index contributed by atoms with van der Waals surface area (Å²) < 4.78 is 10.6. The predicted molar refractivity (Wildman–Crippen MR) is 57.8 cm³/mol. The quantitative estimate of drug-likeness (QED) is 0.584. The third kappa shape index (κ3) is 3.40. The van der Waals surface area contributed by atoms with Crippen molar-refractivity contribution in [3.05, 3.63) is 0 Å². The van der Waals surface area contributed by atoms with Crippen LogP contribution in [0.1, 0.15) is 33.1 Å². The second-order valence-corrected chi connectivity index (χ2v) is 4.26. The van der Waals surface area contributed by atoms with Crippen LogP contribution in [-0.2, 0) is 9.47 Å². The van der Waals surface area contributed by atoms with Gasteiger partial charge in [-0.15, -0.1) is 0 Å². The monoisotopic (exact) mass is 234 g/mol. The molecule has 1 fully saturated rings. The molecule has 0 spiro atoms. The first kappa shape index (κ1) is 13.9. The minimum atomic E-state index is -1.21. The normalized spacial score (nSPS) is 39.9. The van der Waals surface area contributed by atoms with Gasteiger partial charge in [-0.05, 0) is 13.3 Å². The van der Waals surface area contributed by atoms with Crippen LogP contribution in [0.25, 0.3) is 0 Å². The molecule has 0 aromatic heterocycles. The number of rotatable bonds is 5. The molecule has 5 nitrogen and oxygen atoms in total. The summed E-state index contributed by atoms with van der Waals surface area (Å²) in [6.07, 6.45) is -1.78.